The monoisotopic (exact) mass is 615 g/mol. The Kier molecular flexibility index (Phi) is 7.90. The molecule has 12 nitrogen and oxygen atoms in total. The number of ether oxygens (including phenoxy) is 2. The summed E-state index contributed by atoms with van der Waals surface area (Å²) in [5, 5.41) is 5.35. The first kappa shape index (κ1) is 30.7. The molecule has 2 fully saturated rings. The highest BCUT2D eigenvalue weighted by Gasteiger charge is 2.48. The second kappa shape index (κ2) is 11.6. The van der Waals surface area contributed by atoms with Crippen molar-refractivity contribution < 1.29 is 23.9 Å². The molecule has 1 aliphatic heterocycles. The van der Waals surface area contributed by atoms with Crippen molar-refractivity contribution >= 4 is 34.5 Å². The highest BCUT2D eigenvalue weighted by molar-refractivity contribution is 6.01. The van der Waals surface area contributed by atoms with Crippen molar-refractivity contribution in [1.82, 2.24) is 24.1 Å². The van der Waals surface area contributed by atoms with Crippen LogP contribution < -0.4 is 11.5 Å². The van der Waals surface area contributed by atoms with Crippen LogP contribution in [-0.4, -0.2) is 73.5 Å². The fourth-order valence-corrected chi connectivity index (χ4v) is 6.54. The van der Waals surface area contributed by atoms with Crippen LogP contribution in [0.2, 0.25) is 0 Å². The van der Waals surface area contributed by atoms with Gasteiger partial charge in [-0.3, -0.25) is 9.69 Å². The lowest BCUT2D eigenvalue weighted by atomic mass is 9.87. The van der Waals surface area contributed by atoms with Crippen molar-refractivity contribution in [3.63, 3.8) is 0 Å². The van der Waals surface area contributed by atoms with Gasteiger partial charge in [0, 0.05) is 24.1 Å². The van der Waals surface area contributed by atoms with E-state index < -0.39 is 23.9 Å². The van der Waals surface area contributed by atoms with Crippen LogP contribution in [0.25, 0.3) is 27.8 Å². The standard InChI is InChI=1S/C33H41N7O5/c1-18(2)28-24-14-23(22-8-12-38(13-9-22)16-27(34)41)6-7-26(24)40(32(43)45-21(5)44-31(42)33(35)10-11-33)29(28)25-15-39-30(36-17-37-39)20(4)19(25)3/h6-7,14-15,17-18,21-22H,8-13,16,35H2,1-5H3,(H2,34,41). The molecule has 4 N–H and O–H groups in total. The van der Waals surface area contributed by atoms with Gasteiger partial charge in [-0.05, 0) is 98.8 Å². The molecule has 1 aromatic carbocycles. The summed E-state index contributed by atoms with van der Waals surface area (Å²) in [5.74, 6) is -0.542. The van der Waals surface area contributed by atoms with Crippen LogP contribution >= 0.6 is 0 Å². The highest BCUT2D eigenvalue weighted by Crippen LogP contribution is 2.42. The zero-order chi connectivity index (χ0) is 32.2. The second-order valence-corrected chi connectivity index (χ2v) is 12.9. The lowest BCUT2D eigenvalue weighted by Crippen LogP contribution is -2.39. The Morgan fingerprint density at radius 3 is 2.42 bits per heavy atom. The third-order valence-electron chi connectivity index (χ3n) is 9.35. The number of aryl methyl sites for hydroxylation is 1. The number of rotatable bonds is 8. The van der Waals surface area contributed by atoms with E-state index in [1.54, 1.807) is 9.08 Å². The third-order valence-corrected chi connectivity index (χ3v) is 9.35. The van der Waals surface area contributed by atoms with Gasteiger partial charge >= 0.3 is 12.1 Å². The van der Waals surface area contributed by atoms with Gasteiger partial charge in [0.15, 0.2) is 5.65 Å². The first-order chi connectivity index (χ1) is 21.4. The minimum absolute atomic E-state index is 0.0394. The predicted molar refractivity (Wildman–Crippen MR) is 169 cm³/mol. The maximum atomic E-state index is 14.1. The Balaban J connectivity index is 1.46. The highest BCUT2D eigenvalue weighted by atomic mass is 16.7. The van der Waals surface area contributed by atoms with Crippen LogP contribution in [0, 0.1) is 13.8 Å². The van der Waals surface area contributed by atoms with Gasteiger partial charge in [0.25, 0.3) is 0 Å². The number of fused-ring (bicyclic) bond motifs is 2. The molecule has 1 unspecified atom stereocenters. The lowest BCUT2D eigenvalue weighted by molar-refractivity contribution is -0.167. The molecule has 3 aromatic heterocycles. The molecule has 6 rings (SSSR count). The fraction of sp³-hybridized carbons (Fsp3) is 0.485. The topological polar surface area (TPSA) is 160 Å². The quantitative estimate of drug-likeness (QED) is 0.219. The van der Waals surface area contributed by atoms with Crippen molar-refractivity contribution in [2.75, 3.05) is 19.6 Å². The van der Waals surface area contributed by atoms with E-state index in [9.17, 15) is 14.4 Å². The number of benzene rings is 1. The first-order valence-corrected chi connectivity index (χ1v) is 15.6. The van der Waals surface area contributed by atoms with Crippen LogP contribution in [0.15, 0.2) is 30.7 Å². The Labute approximate surface area is 261 Å². The summed E-state index contributed by atoms with van der Waals surface area (Å²) in [4.78, 5) is 44.6. The minimum atomic E-state index is -1.13. The summed E-state index contributed by atoms with van der Waals surface area (Å²) >= 11 is 0. The number of piperidine rings is 1. The van der Waals surface area contributed by atoms with Crippen molar-refractivity contribution in [2.45, 2.75) is 84.0 Å². The zero-order valence-corrected chi connectivity index (χ0v) is 26.5. The van der Waals surface area contributed by atoms with Gasteiger partial charge in [-0.2, -0.15) is 5.10 Å². The van der Waals surface area contributed by atoms with Gasteiger partial charge < -0.3 is 20.9 Å². The van der Waals surface area contributed by atoms with Crippen LogP contribution in [0.1, 0.15) is 80.5 Å². The zero-order valence-electron chi connectivity index (χ0n) is 26.5. The lowest BCUT2D eigenvalue weighted by Gasteiger charge is -2.31. The largest absolute Gasteiger partial charge is 0.424 e. The van der Waals surface area contributed by atoms with Crippen molar-refractivity contribution in [3.05, 3.63) is 53.0 Å². The number of amides is 1. The summed E-state index contributed by atoms with van der Waals surface area (Å²) in [6.45, 7) is 11.6. The average Bonchev–Trinajstić information content (AvgIpc) is 3.42. The molecule has 1 atom stereocenters. The van der Waals surface area contributed by atoms with Crippen molar-refractivity contribution in [3.8, 4) is 11.3 Å². The summed E-state index contributed by atoms with van der Waals surface area (Å²) in [7, 11) is 0. The van der Waals surface area contributed by atoms with Crippen LogP contribution in [0.4, 0.5) is 4.79 Å². The molecule has 45 heavy (non-hydrogen) atoms. The Bertz CT molecular complexity index is 1810. The minimum Gasteiger partial charge on any atom is -0.424 e. The van der Waals surface area contributed by atoms with E-state index in [-0.39, 0.29) is 18.4 Å². The number of aromatic nitrogens is 4. The molecular weight excluding hydrogens is 574 g/mol. The molecular formula is C33H41N7O5. The average molecular weight is 616 g/mol. The number of carbonyl (C=O) groups excluding carboxylic acids is 3. The number of nitrogens with zero attached hydrogens (tertiary/aromatic N) is 5. The van der Waals surface area contributed by atoms with Gasteiger partial charge in [0.2, 0.25) is 12.2 Å². The van der Waals surface area contributed by atoms with Crippen molar-refractivity contribution in [1.29, 1.82) is 0 Å². The number of pyridine rings is 1. The van der Waals surface area contributed by atoms with E-state index in [1.807, 2.05) is 26.1 Å². The van der Waals surface area contributed by atoms with Crippen molar-refractivity contribution in [2.24, 2.45) is 11.5 Å². The molecule has 1 aliphatic carbocycles. The van der Waals surface area contributed by atoms with E-state index in [0.717, 1.165) is 59.2 Å². The molecule has 1 amide bonds. The Morgan fingerprint density at radius 2 is 1.78 bits per heavy atom. The molecule has 4 aromatic rings. The van der Waals surface area contributed by atoms with Crippen LogP contribution in [0.3, 0.4) is 0 Å². The van der Waals surface area contributed by atoms with E-state index in [4.69, 9.17) is 20.9 Å². The van der Waals surface area contributed by atoms with E-state index >= 15 is 0 Å². The SMILES string of the molecule is Cc1c(-c2c(C(C)C)c3cc(C4CCN(CC(N)=O)CC4)ccc3n2C(=O)OC(C)OC(=O)C2(N)CC2)cn2ncnc2c1C. The fourth-order valence-electron chi connectivity index (χ4n) is 6.54. The number of hydrogen-bond donors (Lipinski definition) is 2. The normalized spacial score (nSPS) is 17.6. The first-order valence-electron chi connectivity index (χ1n) is 15.6. The Hall–Kier alpha value is -4.29. The van der Waals surface area contributed by atoms with Gasteiger partial charge in [-0.1, -0.05) is 19.9 Å². The number of nitrogens with two attached hydrogens (primary N) is 2. The second-order valence-electron chi connectivity index (χ2n) is 12.9. The number of likely N-dealkylation sites (tertiary alicyclic amines) is 1. The number of esters is 1. The van der Waals surface area contributed by atoms with Crippen LogP contribution in [-0.2, 0) is 19.1 Å². The molecule has 0 radical (unpaired) electrons. The van der Waals surface area contributed by atoms with E-state index in [2.05, 4.69) is 41.0 Å². The smallest absolute Gasteiger partial charge is 0.422 e. The van der Waals surface area contributed by atoms with Crippen LogP contribution in [0.5, 0.6) is 0 Å². The van der Waals surface area contributed by atoms with Gasteiger partial charge in [0.1, 0.15) is 11.9 Å². The summed E-state index contributed by atoms with van der Waals surface area (Å²) in [5.41, 5.74) is 17.5. The Morgan fingerprint density at radius 1 is 1.07 bits per heavy atom. The molecule has 4 heterocycles. The summed E-state index contributed by atoms with van der Waals surface area (Å²) in [6, 6.07) is 6.24. The molecule has 2 aliphatic rings. The van der Waals surface area contributed by atoms with Gasteiger partial charge in [0.05, 0.1) is 17.8 Å². The van der Waals surface area contributed by atoms with Gasteiger partial charge in [-0.15, -0.1) is 0 Å². The summed E-state index contributed by atoms with van der Waals surface area (Å²) in [6.07, 6.45) is 4.52. The molecule has 238 valence electrons. The molecule has 1 saturated heterocycles. The van der Waals surface area contributed by atoms with E-state index in [1.165, 1.54) is 18.8 Å². The number of carbonyl (C=O) groups is 3. The van der Waals surface area contributed by atoms with E-state index in [0.29, 0.717) is 30.0 Å². The third kappa shape index (κ3) is 5.68. The maximum Gasteiger partial charge on any atom is 0.422 e. The maximum absolute atomic E-state index is 14.1. The summed E-state index contributed by atoms with van der Waals surface area (Å²) < 4.78 is 14.5. The molecule has 0 bridgehead atoms. The predicted octanol–water partition coefficient (Wildman–Crippen LogP) is 4.12. The number of hydrogen-bond acceptors (Lipinski definition) is 9. The number of primary amides is 1. The molecule has 1 saturated carbocycles. The van der Waals surface area contributed by atoms with Gasteiger partial charge in [-0.25, -0.2) is 23.7 Å². The molecule has 0 spiro atoms. The molecule has 12 heteroatoms.